The van der Waals surface area contributed by atoms with Gasteiger partial charge in [0.2, 0.25) is 11.0 Å². The number of rotatable bonds is 3. The summed E-state index contributed by atoms with van der Waals surface area (Å²) in [6.07, 6.45) is 14.0. The molecule has 1 aromatic rings. The van der Waals surface area contributed by atoms with E-state index in [0.29, 0.717) is 5.41 Å². The van der Waals surface area contributed by atoms with E-state index in [9.17, 15) is 4.79 Å². The minimum atomic E-state index is 0.200. The Morgan fingerprint density at radius 3 is 2.20 bits per heavy atom. The van der Waals surface area contributed by atoms with E-state index in [0.717, 1.165) is 35.7 Å². The van der Waals surface area contributed by atoms with Crippen molar-refractivity contribution >= 4 is 22.4 Å². The lowest BCUT2D eigenvalue weighted by atomic mass is 9.50. The molecule has 1 aromatic heterocycles. The monoisotopic (exact) mass is 359 g/mol. The van der Waals surface area contributed by atoms with Gasteiger partial charge in [-0.15, -0.1) is 10.2 Å². The molecule has 5 aliphatic rings. The summed E-state index contributed by atoms with van der Waals surface area (Å²) in [5.41, 5.74) is 0.291. The number of hydrogen-bond donors (Lipinski definition) is 0. The van der Waals surface area contributed by atoms with Crippen LogP contribution in [0.15, 0.2) is 0 Å². The number of anilines is 1. The highest BCUT2D eigenvalue weighted by Gasteiger charge is 2.53. The van der Waals surface area contributed by atoms with Gasteiger partial charge in [-0.05, 0) is 69.1 Å². The predicted molar refractivity (Wildman–Crippen MR) is 99.7 cm³/mol. The topological polar surface area (TPSA) is 46.1 Å². The van der Waals surface area contributed by atoms with Gasteiger partial charge in [0.1, 0.15) is 5.01 Å². The summed E-state index contributed by atoms with van der Waals surface area (Å²) in [5.74, 6) is 3.21. The average molecular weight is 360 g/mol. The Kier molecular flexibility index (Phi) is 3.92. The quantitative estimate of drug-likeness (QED) is 0.795. The molecule has 0 N–H and O–H groups in total. The van der Waals surface area contributed by atoms with Crippen molar-refractivity contribution in [3.05, 3.63) is 5.01 Å². The lowest BCUT2D eigenvalue weighted by Crippen LogP contribution is -2.48. The highest BCUT2D eigenvalue weighted by Crippen LogP contribution is 2.61. The van der Waals surface area contributed by atoms with Crippen LogP contribution in [0.5, 0.6) is 0 Å². The summed E-state index contributed by atoms with van der Waals surface area (Å²) in [7, 11) is 1.90. The SMILES string of the molecule is CN(C(=O)C1CCCCC1)c1nnc(C23CC4CC(CC(C4)C2)C3)s1. The molecule has 5 fully saturated rings. The maximum atomic E-state index is 12.8. The number of nitrogens with zero attached hydrogens (tertiary/aromatic N) is 3. The van der Waals surface area contributed by atoms with E-state index in [1.807, 2.05) is 7.05 Å². The minimum Gasteiger partial charge on any atom is -0.290 e. The lowest BCUT2D eigenvalue weighted by Gasteiger charge is -2.55. The van der Waals surface area contributed by atoms with Gasteiger partial charge in [0, 0.05) is 18.4 Å². The van der Waals surface area contributed by atoms with Gasteiger partial charge in [0.15, 0.2) is 0 Å². The average Bonchev–Trinajstić information content (AvgIpc) is 3.11. The van der Waals surface area contributed by atoms with Crippen LogP contribution in [0.2, 0.25) is 0 Å². The second-order valence-corrected chi connectivity index (χ2v) is 10.3. The fourth-order valence-electron chi connectivity index (χ4n) is 6.66. The summed E-state index contributed by atoms with van der Waals surface area (Å²) in [6, 6.07) is 0. The Balaban J connectivity index is 1.36. The van der Waals surface area contributed by atoms with Gasteiger partial charge in [-0.3, -0.25) is 9.69 Å². The highest BCUT2D eigenvalue weighted by molar-refractivity contribution is 7.15. The third-order valence-electron chi connectivity index (χ3n) is 7.48. The third-order valence-corrected chi connectivity index (χ3v) is 8.72. The summed E-state index contributed by atoms with van der Waals surface area (Å²) in [6.45, 7) is 0. The van der Waals surface area contributed by atoms with Crippen molar-refractivity contribution in [3.63, 3.8) is 0 Å². The van der Waals surface area contributed by atoms with Crippen LogP contribution in [0, 0.1) is 23.7 Å². The number of carbonyl (C=O) groups is 1. The van der Waals surface area contributed by atoms with Gasteiger partial charge in [-0.2, -0.15) is 0 Å². The van der Waals surface area contributed by atoms with Crippen LogP contribution >= 0.6 is 11.3 Å². The summed E-state index contributed by atoms with van der Waals surface area (Å²) >= 11 is 1.70. The molecule has 0 aliphatic heterocycles. The van der Waals surface area contributed by atoms with E-state index >= 15 is 0 Å². The van der Waals surface area contributed by atoms with Crippen molar-refractivity contribution in [3.8, 4) is 0 Å². The van der Waals surface area contributed by atoms with E-state index in [4.69, 9.17) is 0 Å². The molecule has 1 amide bonds. The molecule has 6 rings (SSSR count). The van der Waals surface area contributed by atoms with Crippen LogP contribution in [0.4, 0.5) is 5.13 Å². The molecular weight excluding hydrogens is 330 g/mol. The number of carbonyl (C=O) groups excluding carboxylic acids is 1. The molecule has 0 saturated heterocycles. The number of aromatic nitrogens is 2. The third kappa shape index (κ3) is 2.73. The molecule has 5 aliphatic carbocycles. The second kappa shape index (κ2) is 6.04. The van der Waals surface area contributed by atoms with Crippen LogP contribution in [-0.4, -0.2) is 23.2 Å². The Morgan fingerprint density at radius 2 is 1.60 bits per heavy atom. The summed E-state index contributed by atoms with van der Waals surface area (Å²) in [4.78, 5) is 14.6. The summed E-state index contributed by atoms with van der Waals surface area (Å²) < 4.78 is 0. The molecule has 5 heteroatoms. The molecule has 25 heavy (non-hydrogen) atoms. The normalized spacial score (nSPS) is 37.4. The first kappa shape index (κ1) is 16.2. The van der Waals surface area contributed by atoms with Gasteiger partial charge in [-0.1, -0.05) is 30.6 Å². The molecule has 0 unspecified atom stereocenters. The fourth-order valence-corrected chi connectivity index (χ4v) is 7.69. The van der Waals surface area contributed by atoms with Crippen molar-refractivity contribution in [1.29, 1.82) is 0 Å². The van der Waals surface area contributed by atoms with Crippen LogP contribution in [0.1, 0.15) is 75.6 Å². The zero-order valence-electron chi connectivity index (χ0n) is 15.2. The minimum absolute atomic E-state index is 0.200. The fraction of sp³-hybridized carbons (Fsp3) is 0.850. The molecule has 4 bridgehead atoms. The van der Waals surface area contributed by atoms with Crippen molar-refractivity contribution in [2.24, 2.45) is 23.7 Å². The van der Waals surface area contributed by atoms with Gasteiger partial charge < -0.3 is 0 Å². The maximum absolute atomic E-state index is 12.8. The molecule has 1 heterocycles. The van der Waals surface area contributed by atoms with Crippen molar-refractivity contribution in [2.75, 3.05) is 11.9 Å². The number of hydrogen-bond acceptors (Lipinski definition) is 4. The molecule has 5 saturated carbocycles. The smallest absolute Gasteiger partial charge is 0.231 e. The van der Waals surface area contributed by atoms with E-state index in [1.54, 1.807) is 16.2 Å². The molecule has 136 valence electrons. The Morgan fingerprint density at radius 1 is 1.00 bits per heavy atom. The van der Waals surface area contributed by atoms with E-state index in [-0.39, 0.29) is 11.8 Å². The van der Waals surface area contributed by atoms with E-state index in [1.165, 1.54) is 62.8 Å². The lowest BCUT2D eigenvalue weighted by molar-refractivity contribution is -0.123. The highest BCUT2D eigenvalue weighted by atomic mass is 32.1. The maximum Gasteiger partial charge on any atom is 0.231 e. The van der Waals surface area contributed by atoms with Gasteiger partial charge >= 0.3 is 0 Å². The molecule has 0 atom stereocenters. The molecule has 0 spiro atoms. The van der Waals surface area contributed by atoms with E-state index in [2.05, 4.69) is 10.2 Å². The Hall–Kier alpha value is -0.970. The first-order valence-electron chi connectivity index (χ1n) is 10.2. The molecule has 0 radical (unpaired) electrons. The zero-order valence-corrected chi connectivity index (χ0v) is 16.1. The van der Waals surface area contributed by atoms with Crippen molar-refractivity contribution in [1.82, 2.24) is 10.2 Å². The molecule has 0 aromatic carbocycles. The molecular formula is C20H29N3OS. The first-order chi connectivity index (χ1) is 12.1. The van der Waals surface area contributed by atoms with Crippen LogP contribution < -0.4 is 4.90 Å². The van der Waals surface area contributed by atoms with Crippen LogP contribution in [0.25, 0.3) is 0 Å². The zero-order chi connectivity index (χ0) is 17.0. The van der Waals surface area contributed by atoms with Crippen molar-refractivity contribution < 1.29 is 4.79 Å². The van der Waals surface area contributed by atoms with Gasteiger partial charge in [-0.25, -0.2) is 0 Å². The predicted octanol–water partition coefficient (Wildman–Crippen LogP) is 4.55. The second-order valence-electron chi connectivity index (χ2n) is 9.32. The Labute approximate surface area is 154 Å². The largest absolute Gasteiger partial charge is 0.290 e. The molecule has 4 nitrogen and oxygen atoms in total. The standard InChI is InChI=1S/C20H29N3OS/c1-23(17(24)16-5-3-2-4-6-16)19-22-21-18(25-19)20-10-13-7-14(11-20)9-15(8-13)12-20/h13-16H,2-12H2,1H3. The first-order valence-corrected chi connectivity index (χ1v) is 11.1. The summed E-state index contributed by atoms with van der Waals surface area (Å²) in [5, 5.41) is 11.1. The van der Waals surface area contributed by atoms with Gasteiger partial charge in [0.25, 0.3) is 0 Å². The Bertz CT molecular complexity index is 628. The van der Waals surface area contributed by atoms with Crippen molar-refractivity contribution in [2.45, 2.75) is 76.0 Å². The number of amides is 1. The van der Waals surface area contributed by atoms with Crippen LogP contribution in [0.3, 0.4) is 0 Å². The van der Waals surface area contributed by atoms with Gasteiger partial charge in [0.05, 0.1) is 0 Å². The van der Waals surface area contributed by atoms with Crippen LogP contribution in [-0.2, 0) is 10.2 Å². The van der Waals surface area contributed by atoms with E-state index < -0.39 is 0 Å².